The van der Waals surface area contributed by atoms with Crippen LogP contribution in [0.5, 0.6) is 0 Å². The van der Waals surface area contributed by atoms with Gasteiger partial charge in [0, 0.05) is 0 Å². The highest BCUT2D eigenvalue weighted by molar-refractivity contribution is 6.90. The van der Waals surface area contributed by atoms with Gasteiger partial charge in [0.15, 0.2) is 30.6 Å². The summed E-state index contributed by atoms with van der Waals surface area (Å²) < 4.78 is 21.1. The van der Waals surface area contributed by atoms with E-state index < -0.39 is 33.8 Å². The van der Waals surface area contributed by atoms with Gasteiger partial charge < -0.3 is 33.8 Å². The minimum absolute atomic E-state index is 0. The van der Waals surface area contributed by atoms with Crippen LogP contribution in [0.2, 0.25) is 58.9 Å². The molecular formula is C14H40BrNO3Si4. The van der Waals surface area contributed by atoms with E-state index >= 15 is 0 Å². The van der Waals surface area contributed by atoms with Crippen LogP contribution in [-0.4, -0.2) is 65.0 Å². The van der Waals surface area contributed by atoms with Gasteiger partial charge in [-0.3, -0.25) is 0 Å². The minimum atomic E-state index is -2.78. The molecule has 0 fully saturated rings. The number of nitrogens with zero attached hydrogens (tertiary/aromatic N) is 1. The summed E-state index contributed by atoms with van der Waals surface area (Å²) in [5.41, 5.74) is 0.220. The summed E-state index contributed by atoms with van der Waals surface area (Å²) in [6.45, 7) is 22.4. The number of quaternary nitrogens is 1. The van der Waals surface area contributed by atoms with Crippen molar-refractivity contribution in [3.63, 3.8) is 0 Å². The predicted molar refractivity (Wildman–Crippen MR) is 107 cm³/mol. The molecule has 1 atom stereocenters. The Morgan fingerprint density at radius 2 is 0.826 bits per heavy atom. The third-order valence-corrected chi connectivity index (χ3v) is 15.6. The fourth-order valence-electron chi connectivity index (χ4n) is 2.07. The highest BCUT2D eigenvalue weighted by atomic mass is 79.9. The Kier molecular flexibility index (Phi) is 9.48. The predicted octanol–water partition coefficient (Wildman–Crippen LogP) is 1.12. The van der Waals surface area contributed by atoms with Gasteiger partial charge in [0.1, 0.15) is 0 Å². The molecule has 0 N–H and O–H groups in total. The maximum absolute atomic E-state index is 6.75. The molecule has 4 nitrogen and oxygen atoms in total. The van der Waals surface area contributed by atoms with E-state index in [1.807, 2.05) is 0 Å². The van der Waals surface area contributed by atoms with Crippen molar-refractivity contribution in [1.29, 1.82) is 0 Å². The summed E-state index contributed by atoms with van der Waals surface area (Å²) in [5.74, 6) is 0. The van der Waals surface area contributed by atoms with Crippen molar-refractivity contribution in [1.82, 2.24) is 0 Å². The quantitative estimate of drug-likeness (QED) is 0.400. The van der Waals surface area contributed by atoms with E-state index in [-0.39, 0.29) is 22.6 Å². The molecule has 0 saturated carbocycles. The molecule has 0 radical (unpaired) electrons. The molecule has 0 spiro atoms. The average Bonchev–Trinajstić information content (AvgIpc) is 2.05. The van der Waals surface area contributed by atoms with Crippen LogP contribution >= 0.6 is 0 Å². The van der Waals surface area contributed by atoms with Crippen molar-refractivity contribution in [3.05, 3.63) is 0 Å². The highest BCUT2D eigenvalue weighted by Gasteiger charge is 2.59. The Morgan fingerprint density at radius 1 is 0.609 bits per heavy atom. The van der Waals surface area contributed by atoms with Gasteiger partial charge in [0.2, 0.25) is 0 Å². The fourth-order valence-corrected chi connectivity index (χ4v) is 16.9. The standard InChI is InChI=1S/C14H40NO3Si4.BrH/c1-14(15(2,3)4)22(16-19(5,6)7,17-20(8,9)10)18-21(11,12)13;/h14H,1-13H3;1H/q+1;/p-1. The van der Waals surface area contributed by atoms with Crippen molar-refractivity contribution >= 4 is 33.8 Å². The van der Waals surface area contributed by atoms with Crippen molar-refractivity contribution in [3.8, 4) is 0 Å². The number of hydrogen-bond donors (Lipinski definition) is 0. The summed E-state index contributed by atoms with van der Waals surface area (Å²) in [7, 11) is -1.52. The lowest BCUT2D eigenvalue weighted by Gasteiger charge is -2.48. The Balaban J connectivity index is 0. The average molecular weight is 463 g/mol. The Labute approximate surface area is 160 Å². The van der Waals surface area contributed by atoms with Gasteiger partial charge in [-0.2, -0.15) is 0 Å². The molecule has 0 bridgehead atoms. The zero-order chi connectivity index (χ0) is 18.2. The molecule has 0 aliphatic carbocycles. The third-order valence-electron chi connectivity index (χ3n) is 3.02. The summed E-state index contributed by atoms with van der Waals surface area (Å²) in [6.07, 6.45) is 0. The summed E-state index contributed by atoms with van der Waals surface area (Å²) in [4.78, 5) is 0. The molecule has 0 rings (SSSR count). The second-order valence-corrected chi connectivity index (χ2v) is 27.2. The smallest absolute Gasteiger partial charge is 0.530 e. The molecule has 0 saturated heterocycles. The third kappa shape index (κ3) is 10.7. The molecule has 9 heteroatoms. The summed E-state index contributed by atoms with van der Waals surface area (Å²) in [5, 5.41) is 0. The van der Waals surface area contributed by atoms with Gasteiger partial charge in [0.25, 0.3) is 0 Å². The number of hydrogen-bond acceptors (Lipinski definition) is 3. The molecule has 142 valence electrons. The minimum Gasteiger partial charge on any atom is -1.00 e. The molecule has 0 amide bonds. The topological polar surface area (TPSA) is 27.7 Å². The fraction of sp³-hybridized carbons (Fsp3) is 1.00. The van der Waals surface area contributed by atoms with Crippen molar-refractivity contribution in [2.45, 2.75) is 71.5 Å². The van der Waals surface area contributed by atoms with E-state index in [0.29, 0.717) is 0 Å². The first-order chi connectivity index (χ1) is 9.28. The van der Waals surface area contributed by atoms with E-state index in [4.69, 9.17) is 12.3 Å². The molecule has 0 aromatic rings. The highest BCUT2D eigenvalue weighted by Crippen LogP contribution is 2.31. The van der Waals surface area contributed by atoms with Crippen LogP contribution < -0.4 is 17.0 Å². The number of halogens is 1. The van der Waals surface area contributed by atoms with Gasteiger partial charge in [0.05, 0.1) is 21.1 Å². The first-order valence-corrected chi connectivity index (χ1v) is 20.2. The van der Waals surface area contributed by atoms with Gasteiger partial charge in [-0.25, -0.2) is 0 Å². The number of rotatable bonds is 8. The van der Waals surface area contributed by atoms with Gasteiger partial charge in [-0.15, -0.1) is 0 Å². The Bertz CT molecular complexity index is 329. The monoisotopic (exact) mass is 461 g/mol. The van der Waals surface area contributed by atoms with Gasteiger partial charge in [-0.1, -0.05) is 0 Å². The first-order valence-electron chi connectivity index (χ1n) is 8.19. The molecule has 0 aliphatic heterocycles. The lowest BCUT2D eigenvalue weighted by molar-refractivity contribution is -0.884. The molecule has 23 heavy (non-hydrogen) atoms. The second-order valence-electron chi connectivity index (χ2n) is 10.0. The van der Waals surface area contributed by atoms with E-state index in [1.54, 1.807) is 0 Å². The van der Waals surface area contributed by atoms with Crippen LogP contribution in [-0.2, 0) is 12.3 Å². The van der Waals surface area contributed by atoms with Crippen LogP contribution in [0.4, 0.5) is 0 Å². The van der Waals surface area contributed by atoms with Crippen LogP contribution in [0, 0.1) is 0 Å². The van der Waals surface area contributed by atoms with Gasteiger partial charge in [-0.05, 0) is 65.8 Å². The largest absolute Gasteiger partial charge is 1.00 e. The van der Waals surface area contributed by atoms with Crippen LogP contribution in [0.15, 0.2) is 0 Å². The second kappa shape index (κ2) is 8.25. The molecule has 0 aromatic carbocycles. The van der Waals surface area contributed by atoms with Crippen LogP contribution in [0.1, 0.15) is 6.92 Å². The van der Waals surface area contributed by atoms with E-state index in [0.717, 1.165) is 4.48 Å². The lowest BCUT2D eigenvalue weighted by atomic mass is 10.6. The van der Waals surface area contributed by atoms with Crippen molar-refractivity contribution < 1.29 is 33.8 Å². The van der Waals surface area contributed by atoms with Crippen molar-refractivity contribution in [2.24, 2.45) is 0 Å². The van der Waals surface area contributed by atoms with E-state index in [9.17, 15) is 0 Å². The zero-order valence-electron chi connectivity index (χ0n) is 17.6. The SMILES string of the molecule is CC([N+](C)(C)C)[Si](O[Si](C)(C)C)(O[Si](C)(C)C)O[Si](C)(C)C.[Br-]. The summed E-state index contributed by atoms with van der Waals surface area (Å²) in [6, 6.07) is 0. The molecule has 0 aliphatic rings. The maximum atomic E-state index is 6.75. The maximum Gasteiger partial charge on any atom is 0.530 e. The van der Waals surface area contributed by atoms with Crippen LogP contribution in [0.3, 0.4) is 0 Å². The van der Waals surface area contributed by atoms with Crippen LogP contribution in [0.25, 0.3) is 0 Å². The molecule has 1 unspecified atom stereocenters. The normalized spacial score (nSPS) is 16.0. The molecule has 0 aromatic heterocycles. The first kappa shape index (κ1) is 26.4. The van der Waals surface area contributed by atoms with E-state index in [1.165, 1.54) is 0 Å². The lowest BCUT2D eigenvalue weighted by Crippen LogP contribution is -3.00. The Morgan fingerprint density at radius 3 is 0.957 bits per heavy atom. The molecular weight excluding hydrogens is 422 g/mol. The van der Waals surface area contributed by atoms with Gasteiger partial charge >= 0.3 is 8.80 Å². The Hall–Kier alpha value is 1.19. The van der Waals surface area contributed by atoms with Crippen molar-refractivity contribution in [2.75, 3.05) is 21.1 Å². The summed E-state index contributed by atoms with van der Waals surface area (Å²) >= 11 is 0. The van der Waals surface area contributed by atoms with E-state index in [2.05, 4.69) is 87.0 Å². The zero-order valence-corrected chi connectivity index (χ0v) is 23.2. The molecule has 0 heterocycles.